The molecule has 1 saturated heterocycles. The van der Waals surface area contributed by atoms with E-state index in [1.165, 1.54) is 16.0 Å². The molecule has 2 fully saturated rings. The topological polar surface area (TPSA) is 23.6 Å². The highest BCUT2D eigenvalue weighted by molar-refractivity contribution is 7.09. The monoisotopic (exact) mass is 354 g/mol. The maximum Gasteiger partial charge on any atom is 0.233 e. The van der Waals surface area contributed by atoms with Crippen molar-refractivity contribution < 1.29 is 4.79 Å². The van der Waals surface area contributed by atoms with Crippen LogP contribution in [0.5, 0.6) is 0 Å². The minimum absolute atomic E-state index is 0.217. The number of thiophene rings is 1. The molecular weight excluding hydrogens is 328 g/mol. The lowest BCUT2D eigenvalue weighted by molar-refractivity contribution is -0.135. The SMILES string of the molecule is Cc1cccc(C2(C(=O)N3CCN(CCc4cccs4)CC3)CC2)c1. The van der Waals surface area contributed by atoms with Crippen LogP contribution < -0.4 is 0 Å². The van der Waals surface area contributed by atoms with Gasteiger partial charge in [-0.05, 0) is 43.2 Å². The van der Waals surface area contributed by atoms with Crippen LogP contribution in [0.25, 0.3) is 0 Å². The van der Waals surface area contributed by atoms with Gasteiger partial charge in [-0.1, -0.05) is 35.9 Å². The number of piperazine rings is 1. The van der Waals surface area contributed by atoms with E-state index in [9.17, 15) is 4.79 Å². The normalized spacial score (nSPS) is 19.8. The highest BCUT2D eigenvalue weighted by Gasteiger charge is 2.53. The van der Waals surface area contributed by atoms with Gasteiger partial charge in [0.15, 0.2) is 0 Å². The molecule has 0 spiro atoms. The number of carbonyl (C=O) groups excluding carboxylic acids is 1. The Bertz CT molecular complexity index is 728. The largest absolute Gasteiger partial charge is 0.339 e. The van der Waals surface area contributed by atoms with Gasteiger partial charge in [0.05, 0.1) is 5.41 Å². The van der Waals surface area contributed by atoms with Crippen LogP contribution in [0.1, 0.15) is 28.8 Å². The molecule has 0 N–H and O–H groups in total. The standard InChI is InChI=1S/C21H26N2OS/c1-17-4-2-5-18(16-17)21(8-9-21)20(24)23-13-11-22(12-14-23)10-7-19-6-3-15-25-19/h2-6,15-16H,7-14H2,1H3. The summed E-state index contributed by atoms with van der Waals surface area (Å²) in [6.07, 6.45) is 3.14. The summed E-state index contributed by atoms with van der Waals surface area (Å²) in [7, 11) is 0. The van der Waals surface area contributed by atoms with Crippen LogP contribution in [0.2, 0.25) is 0 Å². The van der Waals surface area contributed by atoms with Gasteiger partial charge in [-0.15, -0.1) is 11.3 Å². The van der Waals surface area contributed by atoms with E-state index < -0.39 is 0 Å². The van der Waals surface area contributed by atoms with Crippen molar-refractivity contribution >= 4 is 17.2 Å². The fraction of sp³-hybridized carbons (Fsp3) is 0.476. The van der Waals surface area contributed by atoms with Crippen LogP contribution in [0.15, 0.2) is 41.8 Å². The molecular formula is C21H26N2OS. The van der Waals surface area contributed by atoms with Crippen molar-refractivity contribution in [1.82, 2.24) is 9.80 Å². The Morgan fingerprint density at radius 2 is 1.92 bits per heavy atom. The number of aryl methyl sites for hydroxylation is 1. The first-order valence-electron chi connectivity index (χ1n) is 9.29. The number of rotatable bonds is 5. The number of hydrogen-bond acceptors (Lipinski definition) is 3. The summed E-state index contributed by atoms with van der Waals surface area (Å²) in [5, 5.41) is 2.15. The van der Waals surface area contributed by atoms with Crippen molar-refractivity contribution in [3.63, 3.8) is 0 Å². The van der Waals surface area contributed by atoms with Crippen molar-refractivity contribution in [3.8, 4) is 0 Å². The molecule has 4 heteroatoms. The molecule has 1 aliphatic heterocycles. The lowest BCUT2D eigenvalue weighted by atomic mass is 9.92. The molecule has 1 aromatic carbocycles. The highest BCUT2D eigenvalue weighted by Crippen LogP contribution is 2.49. The van der Waals surface area contributed by atoms with E-state index in [4.69, 9.17) is 0 Å². The Morgan fingerprint density at radius 1 is 1.12 bits per heavy atom. The zero-order valence-corrected chi connectivity index (χ0v) is 15.7. The Kier molecular flexibility index (Phi) is 4.65. The number of nitrogens with zero attached hydrogens (tertiary/aromatic N) is 2. The third-order valence-electron chi connectivity index (χ3n) is 5.64. The van der Waals surface area contributed by atoms with Gasteiger partial charge in [0.2, 0.25) is 5.91 Å². The predicted octanol–water partition coefficient (Wildman–Crippen LogP) is 3.48. The summed E-state index contributed by atoms with van der Waals surface area (Å²) >= 11 is 1.84. The number of hydrogen-bond donors (Lipinski definition) is 0. The second kappa shape index (κ2) is 6.93. The van der Waals surface area contributed by atoms with Gasteiger partial charge >= 0.3 is 0 Å². The van der Waals surface area contributed by atoms with Gasteiger partial charge in [0.25, 0.3) is 0 Å². The summed E-state index contributed by atoms with van der Waals surface area (Å²) in [6, 6.07) is 12.9. The first-order chi connectivity index (χ1) is 12.2. The lowest BCUT2D eigenvalue weighted by Crippen LogP contribution is -2.51. The quantitative estimate of drug-likeness (QED) is 0.821. The van der Waals surface area contributed by atoms with Crippen molar-refractivity contribution in [2.24, 2.45) is 0 Å². The van der Waals surface area contributed by atoms with E-state index in [1.54, 1.807) is 0 Å². The van der Waals surface area contributed by atoms with Crippen molar-refractivity contribution in [2.75, 3.05) is 32.7 Å². The minimum atomic E-state index is -0.217. The van der Waals surface area contributed by atoms with Gasteiger partial charge in [-0.2, -0.15) is 0 Å². The zero-order valence-electron chi connectivity index (χ0n) is 14.9. The second-order valence-corrected chi connectivity index (χ2v) is 8.45. The molecule has 4 rings (SSSR count). The molecule has 0 unspecified atom stereocenters. The van der Waals surface area contributed by atoms with E-state index in [0.29, 0.717) is 5.91 Å². The molecule has 1 aliphatic carbocycles. The van der Waals surface area contributed by atoms with E-state index in [-0.39, 0.29) is 5.41 Å². The highest BCUT2D eigenvalue weighted by atomic mass is 32.1. The predicted molar refractivity (Wildman–Crippen MR) is 103 cm³/mol. The fourth-order valence-electron chi connectivity index (χ4n) is 3.89. The van der Waals surface area contributed by atoms with Crippen LogP contribution in [-0.4, -0.2) is 48.4 Å². The first kappa shape index (κ1) is 16.8. The van der Waals surface area contributed by atoms with Crippen molar-refractivity contribution in [3.05, 3.63) is 57.8 Å². The maximum atomic E-state index is 13.2. The zero-order chi connectivity index (χ0) is 17.3. The summed E-state index contributed by atoms with van der Waals surface area (Å²) in [4.78, 5) is 19.2. The summed E-state index contributed by atoms with van der Waals surface area (Å²) < 4.78 is 0. The summed E-state index contributed by atoms with van der Waals surface area (Å²) in [5.41, 5.74) is 2.25. The molecule has 0 radical (unpaired) electrons. The summed E-state index contributed by atoms with van der Waals surface area (Å²) in [5.74, 6) is 0.357. The third kappa shape index (κ3) is 3.51. The van der Waals surface area contributed by atoms with Gasteiger partial charge in [-0.25, -0.2) is 0 Å². The molecule has 0 atom stereocenters. The summed E-state index contributed by atoms with van der Waals surface area (Å²) in [6.45, 7) is 6.96. The molecule has 0 bridgehead atoms. The molecule has 1 saturated carbocycles. The average molecular weight is 355 g/mol. The molecule has 132 valence electrons. The van der Waals surface area contributed by atoms with Crippen LogP contribution in [0, 0.1) is 6.92 Å². The van der Waals surface area contributed by atoms with Crippen LogP contribution >= 0.6 is 11.3 Å². The second-order valence-electron chi connectivity index (χ2n) is 7.41. The van der Waals surface area contributed by atoms with Crippen LogP contribution in [0.4, 0.5) is 0 Å². The van der Waals surface area contributed by atoms with E-state index in [1.807, 2.05) is 11.3 Å². The van der Waals surface area contributed by atoms with E-state index >= 15 is 0 Å². The Balaban J connectivity index is 1.34. The Hall–Kier alpha value is -1.65. The van der Waals surface area contributed by atoms with Gasteiger partial charge in [0.1, 0.15) is 0 Å². The molecule has 25 heavy (non-hydrogen) atoms. The van der Waals surface area contributed by atoms with E-state index in [2.05, 4.69) is 58.5 Å². The Labute approximate surface area is 154 Å². The number of benzene rings is 1. The first-order valence-corrected chi connectivity index (χ1v) is 10.2. The van der Waals surface area contributed by atoms with Crippen molar-refractivity contribution in [1.29, 1.82) is 0 Å². The fourth-order valence-corrected chi connectivity index (χ4v) is 4.59. The number of amides is 1. The third-order valence-corrected chi connectivity index (χ3v) is 6.58. The van der Waals surface area contributed by atoms with Gasteiger partial charge in [-0.3, -0.25) is 9.69 Å². The molecule has 2 aromatic rings. The smallest absolute Gasteiger partial charge is 0.233 e. The van der Waals surface area contributed by atoms with Crippen LogP contribution in [0.3, 0.4) is 0 Å². The molecule has 2 heterocycles. The Morgan fingerprint density at radius 3 is 2.56 bits per heavy atom. The van der Waals surface area contributed by atoms with Gasteiger partial charge < -0.3 is 4.90 Å². The van der Waals surface area contributed by atoms with Gasteiger partial charge in [0, 0.05) is 37.6 Å². The molecule has 2 aliphatic rings. The van der Waals surface area contributed by atoms with Crippen LogP contribution in [-0.2, 0) is 16.6 Å². The average Bonchev–Trinajstić information content (AvgIpc) is 3.29. The molecule has 3 nitrogen and oxygen atoms in total. The molecule has 1 aromatic heterocycles. The number of carbonyl (C=O) groups is 1. The van der Waals surface area contributed by atoms with E-state index in [0.717, 1.165) is 52.0 Å². The molecule has 1 amide bonds. The lowest BCUT2D eigenvalue weighted by Gasteiger charge is -2.36. The minimum Gasteiger partial charge on any atom is -0.339 e. The maximum absolute atomic E-state index is 13.2. The van der Waals surface area contributed by atoms with Crippen molar-refractivity contribution in [2.45, 2.75) is 31.6 Å².